The van der Waals surface area contributed by atoms with Gasteiger partial charge in [-0.3, -0.25) is 5.43 Å². The second-order valence-corrected chi connectivity index (χ2v) is 5.63. The topological polar surface area (TPSA) is 50.2 Å². The van der Waals surface area contributed by atoms with Gasteiger partial charge >= 0.3 is 0 Å². The molecule has 2 aromatic rings. The summed E-state index contributed by atoms with van der Waals surface area (Å²) in [5.74, 6) is 1.48. The lowest BCUT2D eigenvalue weighted by atomic mass is 10.0. The maximum atomic E-state index is 4.58. The molecule has 0 amide bonds. The fourth-order valence-electron chi connectivity index (χ4n) is 2.77. The molecule has 20 heavy (non-hydrogen) atoms. The van der Waals surface area contributed by atoms with Crippen molar-refractivity contribution in [2.75, 3.05) is 5.43 Å². The first-order valence-electron chi connectivity index (χ1n) is 7.35. The molecular weight excluding hydrogens is 248 g/mol. The number of hydrogen-bond donors (Lipinski definition) is 1. The summed E-state index contributed by atoms with van der Waals surface area (Å²) >= 11 is 0. The maximum Gasteiger partial charge on any atom is 0.176 e. The van der Waals surface area contributed by atoms with E-state index in [0.29, 0.717) is 0 Å². The van der Waals surface area contributed by atoms with E-state index in [4.69, 9.17) is 0 Å². The highest BCUT2D eigenvalue weighted by Gasteiger charge is 2.12. The van der Waals surface area contributed by atoms with Crippen LogP contribution in [0.25, 0.3) is 10.8 Å². The second-order valence-electron chi connectivity index (χ2n) is 5.63. The Morgan fingerprint density at radius 3 is 3.10 bits per heavy atom. The SMILES string of the molecule is CC1CCCC/C(=N\Nc2nncc3ccccc23)C1. The highest BCUT2D eigenvalue weighted by Crippen LogP contribution is 2.22. The van der Waals surface area contributed by atoms with Crippen LogP contribution in [-0.4, -0.2) is 15.9 Å². The maximum absolute atomic E-state index is 4.58. The third-order valence-corrected chi connectivity index (χ3v) is 3.89. The van der Waals surface area contributed by atoms with Crippen LogP contribution in [0.3, 0.4) is 0 Å². The van der Waals surface area contributed by atoms with Crippen molar-refractivity contribution in [3.8, 4) is 0 Å². The lowest BCUT2D eigenvalue weighted by Gasteiger charge is -2.08. The number of fused-ring (bicyclic) bond motifs is 1. The predicted octanol–water partition coefficient (Wildman–Crippen LogP) is 4.00. The molecule has 4 heteroatoms. The summed E-state index contributed by atoms with van der Waals surface area (Å²) in [6.45, 7) is 2.30. The number of rotatable bonds is 2. The zero-order chi connectivity index (χ0) is 13.8. The van der Waals surface area contributed by atoms with Gasteiger partial charge in [-0.1, -0.05) is 44.0 Å². The summed E-state index contributed by atoms with van der Waals surface area (Å²) in [7, 11) is 0. The van der Waals surface area contributed by atoms with Crippen molar-refractivity contribution in [3.63, 3.8) is 0 Å². The van der Waals surface area contributed by atoms with E-state index in [9.17, 15) is 0 Å². The number of benzene rings is 1. The van der Waals surface area contributed by atoms with Crippen molar-refractivity contribution in [1.82, 2.24) is 10.2 Å². The van der Waals surface area contributed by atoms with Gasteiger partial charge in [0, 0.05) is 16.5 Å². The lowest BCUT2D eigenvalue weighted by molar-refractivity contribution is 0.540. The smallest absolute Gasteiger partial charge is 0.176 e. The first-order valence-corrected chi connectivity index (χ1v) is 7.35. The molecule has 0 spiro atoms. The van der Waals surface area contributed by atoms with Gasteiger partial charge in [-0.25, -0.2) is 0 Å². The van der Waals surface area contributed by atoms with Crippen LogP contribution in [-0.2, 0) is 0 Å². The molecule has 1 atom stereocenters. The summed E-state index contributed by atoms with van der Waals surface area (Å²) in [4.78, 5) is 0. The van der Waals surface area contributed by atoms with Crippen molar-refractivity contribution >= 4 is 22.3 Å². The number of hydrazone groups is 1. The van der Waals surface area contributed by atoms with Crippen LogP contribution in [0.5, 0.6) is 0 Å². The number of nitrogens with zero attached hydrogens (tertiary/aromatic N) is 3. The van der Waals surface area contributed by atoms with E-state index < -0.39 is 0 Å². The number of nitrogens with one attached hydrogen (secondary N) is 1. The van der Waals surface area contributed by atoms with Gasteiger partial charge in [0.15, 0.2) is 5.82 Å². The number of aromatic nitrogens is 2. The zero-order valence-electron chi connectivity index (χ0n) is 11.8. The third-order valence-electron chi connectivity index (χ3n) is 3.89. The molecule has 1 aliphatic carbocycles. The van der Waals surface area contributed by atoms with Gasteiger partial charge in [-0.2, -0.15) is 10.2 Å². The standard InChI is InChI=1S/C16H20N4/c1-12-6-2-4-8-14(10-12)18-20-16-15-9-5-3-7-13(15)11-17-19-16/h3,5,7,9,11-12H,2,4,6,8,10H2,1H3,(H,19,20)/b18-14+. The Morgan fingerprint density at radius 1 is 1.25 bits per heavy atom. The third kappa shape index (κ3) is 2.95. The minimum Gasteiger partial charge on any atom is -0.259 e. The molecule has 1 aliphatic rings. The van der Waals surface area contributed by atoms with E-state index in [1.54, 1.807) is 6.20 Å². The van der Waals surface area contributed by atoms with Crippen LogP contribution in [0.4, 0.5) is 5.82 Å². The van der Waals surface area contributed by atoms with Gasteiger partial charge < -0.3 is 0 Å². The highest BCUT2D eigenvalue weighted by atomic mass is 15.3. The average molecular weight is 268 g/mol. The number of anilines is 1. The largest absolute Gasteiger partial charge is 0.259 e. The van der Waals surface area contributed by atoms with Gasteiger partial charge in [0.05, 0.1) is 6.20 Å². The van der Waals surface area contributed by atoms with Crippen molar-refractivity contribution in [2.45, 2.75) is 39.0 Å². The molecule has 1 unspecified atom stereocenters. The van der Waals surface area contributed by atoms with Gasteiger partial charge in [-0.15, -0.1) is 5.10 Å². The molecule has 3 rings (SSSR count). The average Bonchev–Trinajstić information content (AvgIpc) is 2.69. The molecule has 1 saturated carbocycles. The Morgan fingerprint density at radius 2 is 2.15 bits per heavy atom. The molecule has 1 aromatic carbocycles. The van der Waals surface area contributed by atoms with E-state index in [1.807, 2.05) is 24.3 Å². The van der Waals surface area contributed by atoms with E-state index in [2.05, 4.69) is 27.6 Å². The van der Waals surface area contributed by atoms with Crippen LogP contribution < -0.4 is 5.43 Å². The van der Waals surface area contributed by atoms with Crippen LogP contribution in [0.2, 0.25) is 0 Å². The molecule has 104 valence electrons. The molecule has 4 nitrogen and oxygen atoms in total. The summed E-state index contributed by atoms with van der Waals surface area (Å²) in [5, 5.41) is 14.9. The van der Waals surface area contributed by atoms with Gasteiger partial charge in [0.1, 0.15) is 0 Å². The lowest BCUT2D eigenvalue weighted by Crippen LogP contribution is -2.06. The normalized spacial score (nSPS) is 21.9. The molecule has 1 N–H and O–H groups in total. The van der Waals surface area contributed by atoms with Crippen LogP contribution in [0.15, 0.2) is 35.6 Å². The Bertz CT molecular complexity index is 615. The molecule has 0 aliphatic heterocycles. The van der Waals surface area contributed by atoms with Crippen molar-refractivity contribution < 1.29 is 0 Å². The summed E-state index contributed by atoms with van der Waals surface area (Å²) in [5.41, 5.74) is 4.37. The van der Waals surface area contributed by atoms with Crippen molar-refractivity contribution in [3.05, 3.63) is 30.5 Å². The predicted molar refractivity (Wildman–Crippen MR) is 82.8 cm³/mol. The van der Waals surface area contributed by atoms with Crippen LogP contribution >= 0.6 is 0 Å². The molecule has 0 radical (unpaired) electrons. The Hall–Kier alpha value is -1.97. The van der Waals surface area contributed by atoms with Crippen molar-refractivity contribution in [1.29, 1.82) is 0 Å². The fraction of sp³-hybridized carbons (Fsp3) is 0.438. The van der Waals surface area contributed by atoms with Gasteiger partial charge in [0.2, 0.25) is 0 Å². The molecule has 1 heterocycles. The van der Waals surface area contributed by atoms with Gasteiger partial charge in [0.25, 0.3) is 0 Å². The quantitative estimate of drug-likeness (QED) is 0.661. The molecular formula is C16H20N4. The van der Waals surface area contributed by atoms with E-state index in [1.165, 1.54) is 25.0 Å². The minimum absolute atomic E-state index is 0.733. The highest BCUT2D eigenvalue weighted by molar-refractivity contribution is 5.92. The first-order chi connectivity index (χ1) is 9.83. The van der Waals surface area contributed by atoms with E-state index in [-0.39, 0.29) is 0 Å². The second kappa shape index (κ2) is 5.99. The van der Waals surface area contributed by atoms with Crippen LogP contribution in [0.1, 0.15) is 39.0 Å². The molecule has 1 fully saturated rings. The summed E-state index contributed by atoms with van der Waals surface area (Å²) in [6, 6.07) is 8.10. The zero-order valence-corrected chi connectivity index (χ0v) is 11.8. The monoisotopic (exact) mass is 268 g/mol. The van der Waals surface area contributed by atoms with Gasteiger partial charge in [-0.05, 0) is 25.2 Å². The minimum atomic E-state index is 0.733. The van der Waals surface area contributed by atoms with Crippen LogP contribution in [0, 0.1) is 5.92 Å². The Kier molecular flexibility index (Phi) is 3.90. The van der Waals surface area contributed by atoms with E-state index >= 15 is 0 Å². The molecule has 1 aromatic heterocycles. The molecule has 0 saturated heterocycles. The van der Waals surface area contributed by atoms with Crippen molar-refractivity contribution in [2.24, 2.45) is 11.0 Å². The molecule has 0 bridgehead atoms. The summed E-state index contributed by atoms with van der Waals surface area (Å²) in [6.07, 6.45) is 7.83. The Balaban J connectivity index is 1.82. The summed E-state index contributed by atoms with van der Waals surface area (Å²) < 4.78 is 0. The Labute approximate surface area is 119 Å². The first kappa shape index (κ1) is 13.0. The number of hydrogen-bond acceptors (Lipinski definition) is 4. The van der Waals surface area contributed by atoms with E-state index in [0.717, 1.165) is 35.3 Å². The fourth-order valence-corrected chi connectivity index (χ4v) is 2.77.